The molecule has 0 unspecified atom stereocenters. The molecule has 0 atom stereocenters. The molecule has 1 aliphatic heterocycles. The van der Waals surface area contributed by atoms with Gasteiger partial charge in [-0.15, -0.1) is 21.5 Å². The molecule has 2 aliphatic rings. The van der Waals surface area contributed by atoms with Crippen LogP contribution in [-0.4, -0.2) is 47.6 Å². The molecule has 0 radical (unpaired) electrons. The molecular formula is C22H21N3O6S2. The number of hydrogen-bond donors (Lipinski definition) is 1. The van der Waals surface area contributed by atoms with E-state index in [2.05, 4.69) is 15.5 Å². The molecule has 11 heteroatoms. The monoisotopic (exact) mass is 487 g/mol. The topological polar surface area (TPSA) is 113 Å². The van der Waals surface area contributed by atoms with Crippen LogP contribution in [0.4, 0.5) is 5.00 Å². The van der Waals surface area contributed by atoms with Crippen LogP contribution in [-0.2, 0) is 22.4 Å². The predicted molar refractivity (Wildman–Crippen MR) is 122 cm³/mol. The van der Waals surface area contributed by atoms with Gasteiger partial charge in [0.2, 0.25) is 11.8 Å². The molecule has 172 valence electrons. The van der Waals surface area contributed by atoms with Gasteiger partial charge in [-0.1, -0.05) is 11.8 Å². The van der Waals surface area contributed by atoms with Crippen molar-refractivity contribution in [3.8, 4) is 23.0 Å². The summed E-state index contributed by atoms with van der Waals surface area (Å²) in [7, 11) is 0. The van der Waals surface area contributed by atoms with Crippen molar-refractivity contribution in [2.24, 2.45) is 0 Å². The zero-order chi connectivity index (χ0) is 22.8. The summed E-state index contributed by atoms with van der Waals surface area (Å²) >= 11 is 2.58. The molecule has 5 rings (SSSR count). The van der Waals surface area contributed by atoms with Gasteiger partial charge in [0, 0.05) is 10.4 Å². The second-order valence-corrected chi connectivity index (χ2v) is 9.38. The molecule has 1 amide bonds. The lowest BCUT2D eigenvalue weighted by Gasteiger charge is -2.18. The first kappa shape index (κ1) is 21.8. The van der Waals surface area contributed by atoms with Crippen LogP contribution < -0.4 is 14.8 Å². The van der Waals surface area contributed by atoms with E-state index in [-0.39, 0.29) is 29.5 Å². The van der Waals surface area contributed by atoms with Crippen molar-refractivity contribution in [1.82, 2.24) is 10.2 Å². The highest BCUT2D eigenvalue weighted by Gasteiger charge is 2.28. The number of thiophene rings is 1. The van der Waals surface area contributed by atoms with E-state index >= 15 is 0 Å². The van der Waals surface area contributed by atoms with Crippen molar-refractivity contribution < 1.29 is 28.2 Å². The smallest absolute Gasteiger partial charge is 0.341 e. The van der Waals surface area contributed by atoms with Gasteiger partial charge < -0.3 is 23.9 Å². The Morgan fingerprint density at radius 2 is 2.03 bits per heavy atom. The van der Waals surface area contributed by atoms with Crippen LogP contribution in [0, 0.1) is 0 Å². The molecule has 3 heterocycles. The highest BCUT2D eigenvalue weighted by Crippen LogP contribution is 2.40. The molecule has 0 fully saturated rings. The molecular weight excluding hydrogens is 466 g/mol. The van der Waals surface area contributed by atoms with E-state index in [1.54, 1.807) is 19.1 Å². The maximum atomic E-state index is 12.6. The van der Waals surface area contributed by atoms with Gasteiger partial charge in [-0.05, 0) is 49.9 Å². The van der Waals surface area contributed by atoms with Crippen LogP contribution in [0.2, 0.25) is 0 Å². The molecule has 0 saturated heterocycles. The number of amides is 1. The number of carbonyl (C=O) groups excluding carboxylic acids is 2. The number of aryl methyl sites for hydroxylation is 1. The maximum Gasteiger partial charge on any atom is 0.341 e. The maximum absolute atomic E-state index is 12.6. The Hall–Kier alpha value is -3.05. The Kier molecular flexibility index (Phi) is 6.23. The van der Waals surface area contributed by atoms with Gasteiger partial charge in [0.05, 0.1) is 17.9 Å². The zero-order valence-corrected chi connectivity index (χ0v) is 19.5. The zero-order valence-electron chi connectivity index (χ0n) is 17.8. The highest BCUT2D eigenvalue weighted by molar-refractivity contribution is 7.99. The fourth-order valence-electron chi connectivity index (χ4n) is 3.76. The Labute approximate surface area is 197 Å². The number of nitrogens with zero attached hydrogens (tertiary/aromatic N) is 2. The Morgan fingerprint density at radius 1 is 1.18 bits per heavy atom. The number of aromatic nitrogens is 2. The Bertz CT molecular complexity index is 1200. The number of benzene rings is 1. The van der Waals surface area contributed by atoms with Crippen LogP contribution in [0.15, 0.2) is 27.8 Å². The SMILES string of the molecule is CCOC(=O)c1c(NC(=O)CSc2nnc(-c3ccc4c(c3)OCCO4)o2)sc2c1CCC2. The third-order valence-corrected chi connectivity index (χ3v) is 7.20. The van der Waals surface area contributed by atoms with E-state index in [9.17, 15) is 9.59 Å². The van der Waals surface area contributed by atoms with Gasteiger partial charge in [0.15, 0.2) is 11.5 Å². The minimum absolute atomic E-state index is 0.0631. The number of ether oxygens (including phenoxy) is 3. The van der Waals surface area contributed by atoms with Crippen LogP contribution in [0.5, 0.6) is 11.5 Å². The van der Waals surface area contributed by atoms with Crippen molar-refractivity contribution in [3.63, 3.8) is 0 Å². The molecule has 1 N–H and O–H groups in total. The van der Waals surface area contributed by atoms with Crippen molar-refractivity contribution in [2.75, 3.05) is 30.9 Å². The normalized spacial score (nSPS) is 14.1. The van der Waals surface area contributed by atoms with Crippen molar-refractivity contribution in [2.45, 2.75) is 31.4 Å². The van der Waals surface area contributed by atoms with Crippen LogP contribution >= 0.6 is 23.1 Å². The summed E-state index contributed by atoms with van der Waals surface area (Å²) in [6, 6.07) is 5.40. The molecule has 0 spiro atoms. The van der Waals surface area contributed by atoms with Gasteiger partial charge in [-0.3, -0.25) is 4.79 Å². The van der Waals surface area contributed by atoms with Crippen molar-refractivity contribution in [3.05, 3.63) is 34.2 Å². The van der Waals surface area contributed by atoms with E-state index in [1.807, 2.05) is 6.07 Å². The number of esters is 1. The fraction of sp³-hybridized carbons (Fsp3) is 0.364. The van der Waals surface area contributed by atoms with Gasteiger partial charge in [0.25, 0.3) is 5.22 Å². The minimum Gasteiger partial charge on any atom is -0.486 e. The molecule has 33 heavy (non-hydrogen) atoms. The Morgan fingerprint density at radius 3 is 2.88 bits per heavy atom. The van der Waals surface area contributed by atoms with Crippen LogP contribution in [0.3, 0.4) is 0 Å². The largest absolute Gasteiger partial charge is 0.486 e. The van der Waals surface area contributed by atoms with Crippen molar-refractivity contribution >= 4 is 40.0 Å². The number of carbonyl (C=O) groups is 2. The molecule has 3 aromatic rings. The van der Waals surface area contributed by atoms with Gasteiger partial charge in [-0.2, -0.15) is 0 Å². The highest BCUT2D eigenvalue weighted by atomic mass is 32.2. The Balaban J connectivity index is 1.23. The van der Waals surface area contributed by atoms with Crippen LogP contribution in [0.1, 0.15) is 34.1 Å². The molecule has 9 nitrogen and oxygen atoms in total. The molecule has 0 bridgehead atoms. The lowest BCUT2D eigenvalue weighted by atomic mass is 10.1. The lowest BCUT2D eigenvalue weighted by molar-refractivity contribution is -0.113. The van der Waals surface area contributed by atoms with E-state index in [0.717, 1.165) is 41.5 Å². The van der Waals surface area contributed by atoms with Gasteiger partial charge in [-0.25, -0.2) is 4.79 Å². The van der Waals surface area contributed by atoms with Crippen LogP contribution in [0.25, 0.3) is 11.5 Å². The summed E-state index contributed by atoms with van der Waals surface area (Å²) in [5.74, 6) is 1.05. The second kappa shape index (κ2) is 9.44. The van der Waals surface area contributed by atoms with Gasteiger partial charge in [0.1, 0.15) is 18.2 Å². The fourth-order valence-corrected chi connectivity index (χ4v) is 5.62. The minimum atomic E-state index is -0.388. The number of anilines is 1. The average molecular weight is 488 g/mol. The predicted octanol–water partition coefficient (Wildman–Crippen LogP) is 3.97. The van der Waals surface area contributed by atoms with E-state index in [1.165, 1.54) is 11.3 Å². The second-order valence-electron chi connectivity index (χ2n) is 7.35. The standard InChI is InChI=1S/C22H21N3O6S2/c1-2-28-21(27)18-13-4-3-5-16(13)33-20(18)23-17(26)11-32-22-25-24-19(31-22)12-6-7-14-15(10-12)30-9-8-29-14/h6-7,10H,2-5,8-9,11H2,1H3,(H,23,26). The lowest BCUT2D eigenvalue weighted by Crippen LogP contribution is -2.16. The molecule has 2 aromatic heterocycles. The summed E-state index contributed by atoms with van der Waals surface area (Å²) in [4.78, 5) is 26.2. The number of hydrogen-bond acceptors (Lipinski definition) is 10. The van der Waals surface area contributed by atoms with E-state index < -0.39 is 0 Å². The van der Waals surface area contributed by atoms with Gasteiger partial charge >= 0.3 is 5.97 Å². The number of fused-ring (bicyclic) bond motifs is 2. The number of thioether (sulfide) groups is 1. The first-order valence-corrected chi connectivity index (χ1v) is 12.4. The summed E-state index contributed by atoms with van der Waals surface area (Å²) in [6.07, 6.45) is 2.76. The quantitative estimate of drug-likeness (QED) is 0.391. The van der Waals surface area contributed by atoms with Crippen molar-refractivity contribution in [1.29, 1.82) is 0 Å². The third kappa shape index (κ3) is 4.55. The third-order valence-electron chi connectivity index (χ3n) is 5.18. The number of nitrogens with one attached hydrogen (secondary N) is 1. The summed E-state index contributed by atoms with van der Waals surface area (Å²) < 4.78 is 22.0. The summed E-state index contributed by atoms with van der Waals surface area (Å²) in [5.41, 5.74) is 2.20. The molecule has 1 aromatic carbocycles. The van der Waals surface area contributed by atoms with E-state index in [0.29, 0.717) is 46.7 Å². The summed E-state index contributed by atoms with van der Waals surface area (Å²) in [5, 5.41) is 11.8. The average Bonchev–Trinajstić information content (AvgIpc) is 3.54. The first-order valence-electron chi connectivity index (χ1n) is 10.6. The number of rotatable bonds is 7. The molecule has 0 saturated carbocycles. The van der Waals surface area contributed by atoms with E-state index in [4.69, 9.17) is 18.6 Å². The molecule has 1 aliphatic carbocycles. The first-order chi connectivity index (χ1) is 16.1. The summed E-state index contributed by atoms with van der Waals surface area (Å²) in [6.45, 7) is 3.06.